The number of halogens is 7. The Hall–Kier alpha value is -2.89. The Balaban J connectivity index is 1.54. The number of hydrogen-bond donors (Lipinski definition) is 3. The Morgan fingerprint density at radius 1 is 1.12 bits per heavy atom. The Labute approximate surface area is 242 Å². The third-order valence-electron chi connectivity index (χ3n) is 6.73. The molecule has 2 aliphatic rings. The number of hydrazone groups is 1. The fraction of sp³-hybridized carbons (Fsp3) is 0.375. The third kappa shape index (κ3) is 5.39. The number of ether oxygens (including phenoxy) is 1. The van der Waals surface area contributed by atoms with Gasteiger partial charge >= 0.3 is 6.18 Å². The van der Waals surface area contributed by atoms with E-state index in [4.69, 9.17) is 16.3 Å². The molecule has 0 radical (unpaired) electrons. The predicted octanol–water partition coefficient (Wildman–Crippen LogP) is 3.40. The number of aliphatic hydroxyl groups is 3. The highest BCUT2D eigenvalue weighted by Gasteiger charge is 2.50. The number of aliphatic hydroxyl groups excluding tert-OH is 3. The lowest BCUT2D eigenvalue weighted by Gasteiger charge is -2.43. The van der Waals surface area contributed by atoms with E-state index in [1.54, 1.807) is 0 Å². The van der Waals surface area contributed by atoms with E-state index in [0.717, 1.165) is 34.0 Å². The van der Waals surface area contributed by atoms with Crippen LogP contribution in [-0.4, -0.2) is 85.9 Å². The summed E-state index contributed by atoms with van der Waals surface area (Å²) in [5.74, 6) is -2.54. The lowest BCUT2D eigenvalue weighted by Crippen LogP contribution is -2.60. The highest BCUT2D eigenvalue weighted by atomic mass is 79.9. The minimum Gasteiger partial charge on any atom is -0.394 e. The summed E-state index contributed by atoms with van der Waals surface area (Å²) < 4.78 is 77.0. The molecule has 0 bridgehead atoms. The van der Waals surface area contributed by atoms with E-state index in [1.807, 2.05) is 0 Å². The van der Waals surface area contributed by atoms with E-state index in [2.05, 4.69) is 31.3 Å². The molecule has 3 heterocycles. The number of alkyl halides is 3. The van der Waals surface area contributed by atoms with Gasteiger partial charge in [-0.15, -0.1) is 5.10 Å². The Kier molecular flexibility index (Phi) is 7.99. The molecule has 17 heteroatoms. The summed E-state index contributed by atoms with van der Waals surface area (Å²) in [5.41, 5.74) is -1.76. The van der Waals surface area contributed by atoms with E-state index < -0.39 is 60.4 Å². The quantitative estimate of drug-likeness (QED) is 0.280. The van der Waals surface area contributed by atoms with Gasteiger partial charge in [0.05, 0.1) is 28.5 Å². The fourth-order valence-electron chi connectivity index (χ4n) is 4.81. The zero-order valence-electron chi connectivity index (χ0n) is 20.8. The molecule has 10 nitrogen and oxygen atoms in total. The van der Waals surface area contributed by atoms with Crippen LogP contribution < -0.4 is 4.90 Å². The van der Waals surface area contributed by atoms with E-state index in [1.165, 1.54) is 24.2 Å². The number of amidine groups is 1. The molecule has 0 saturated carbocycles. The van der Waals surface area contributed by atoms with Crippen molar-refractivity contribution in [1.29, 1.82) is 0 Å². The van der Waals surface area contributed by atoms with Gasteiger partial charge in [0.25, 0.3) is 0 Å². The molecule has 0 amide bonds. The molecule has 0 unspecified atom stereocenters. The smallest absolute Gasteiger partial charge is 0.394 e. The van der Waals surface area contributed by atoms with Crippen molar-refractivity contribution in [3.8, 4) is 11.3 Å². The number of benzene rings is 2. The molecule has 1 aromatic heterocycles. The monoisotopic (exact) mass is 666 g/mol. The minimum atomic E-state index is -4.76. The molecule has 0 spiro atoms. The van der Waals surface area contributed by atoms with Crippen LogP contribution in [0.25, 0.3) is 11.3 Å². The van der Waals surface area contributed by atoms with Gasteiger partial charge < -0.3 is 25.0 Å². The first-order valence-electron chi connectivity index (χ1n) is 11.9. The largest absolute Gasteiger partial charge is 0.418 e. The summed E-state index contributed by atoms with van der Waals surface area (Å²) >= 11 is 8.91. The van der Waals surface area contributed by atoms with E-state index in [9.17, 15) is 37.3 Å². The molecule has 1 saturated heterocycles. The van der Waals surface area contributed by atoms with Crippen molar-refractivity contribution in [2.24, 2.45) is 5.10 Å². The maximum atomic E-state index is 14.6. The second-order valence-corrected chi connectivity index (χ2v) is 10.7. The van der Waals surface area contributed by atoms with Crippen molar-refractivity contribution < 1.29 is 42.0 Å². The maximum absolute atomic E-state index is 14.6. The summed E-state index contributed by atoms with van der Waals surface area (Å²) in [6.07, 6.45) is -9.75. The van der Waals surface area contributed by atoms with Gasteiger partial charge in [0.2, 0.25) is 0 Å². The summed E-state index contributed by atoms with van der Waals surface area (Å²) in [7, 11) is 1.48. The van der Waals surface area contributed by atoms with Crippen molar-refractivity contribution in [1.82, 2.24) is 20.0 Å². The lowest BCUT2D eigenvalue weighted by molar-refractivity contribution is -0.185. The molecule has 220 valence electrons. The van der Waals surface area contributed by atoms with Gasteiger partial charge in [-0.1, -0.05) is 16.8 Å². The van der Waals surface area contributed by atoms with Crippen LogP contribution in [0.2, 0.25) is 5.02 Å². The van der Waals surface area contributed by atoms with Crippen LogP contribution in [-0.2, 0) is 10.9 Å². The first-order chi connectivity index (χ1) is 19.3. The topological polar surface area (TPSA) is 119 Å². The normalized spacial score (nSPS) is 25.1. The van der Waals surface area contributed by atoms with Crippen molar-refractivity contribution in [3.63, 3.8) is 0 Å². The van der Waals surface area contributed by atoms with E-state index in [0.29, 0.717) is 0 Å². The van der Waals surface area contributed by atoms with Crippen molar-refractivity contribution in [2.75, 3.05) is 25.2 Å². The van der Waals surface area contributed by atoms with Gasteiger partial charge in [-0.25, -0.2) is 13.5 Å². The van der Waals surface area contributed by atoms with Gasteiger partial charge in [0.15, 0.2) is 17.5 Å². The number of aromatic nitrogens is 3. The number of nitrogens with zero attached hydrogens (tertiary/aromatic N) is 6. The van der Waals surface area contributed by atoms with Crippen molar-refractivity contribution >= 4 is 39.1 Å². The number of anilines is 1. The second kappa shape index (κ2) is 11.1. The van der Waals surface area contributed by atoms with E-state index in [-0.39, 0.29) is 38.9 Å². The van der Waals surface area contributed by atoms with Crippen molar-refractivity contribution in [3.05, 3.63) is 63.2 Å². The Morgan fingerprint density at radius 3 is 2.54 bits per heavy atom. The molecule has 1 fully saturated rings. The fourth-order valence-corrected chi connectivity index (χ4v) is 5.29. The average molecular weight is 668 g/mol. The average Bonchev–Trinajstić information content (AvgIpc) is 3.54. The minimum absolute atomic E-state index is 0.0142. The number of hydrogen-bond acceptors (Lipinski definition) is 9. The van der Waals surface area contributed by atoms with Crippen LogP contribution >= 0.6 is 27.5 Å². The number of rotatable bonds is 5. The van der Waals surface area contributed by atoms with Crippen LogP contribution in [0.3, 0.4) is 0 Å². The van der Waals surface area contributed by atoms with E-state index >= 15 is 0 Å². The maximum Gasteiger partial charge on any atom is 0.418 e. The van der Waals surface area contributed by atoms with Gasteiger partial charge in [0.1, 0.15) is 42.8 Å². The molecule has 2 aliphatic heterocycles. The molecule has 2 aromatic carbocycles. The second-order valence-electron chi connectivity index (χ2n) is 9.40. The van der Waals surface area contributed by atoms with Crippen LogP contribution in [0.1, 0.15) is 11.6 Å². The Morgan fingerprint density at radius 2 is 1.85 bits per heavy atom. The predicted molar refractivity (Wildman–Crippen MR) is 139 cm³/mol. The van der Waals surface area contributed by atoms with Gasteiger partial charge in [-0.05, 0) is 46.3 Å². The Bertz CT molecular complexity index is 1490. The van der Waals surface area contributed by atoms with Crippen LogP contribution in [0.15, 0.2) is 46.1 Å². The summed E-state index contributed by atoms with van der Waals surface area (Å²) in [6.45, 7) is -0.923. The van der Waals surface area contributed by atoms with Gasteiger partial charge in [-0.3, -0.25) is 5.01 Å². The van der Waals surface area contributed by atoms with Crippen LogP contribution in [0.4, 0.5) is 27.6 Å². The highest BCUT2D eigenvalue weighted by Crippen LogP contribution is 2.41. The molecule has 3 aromatic rings. The molecular weight excluding hydrogens is 647 g/mol. The highest BCUT2D eigenvalue weighted by molar-refractivity contribution is 9.10. The molecule has 5 atom stereocenters. The third-order valence-corrected chi connectivity index (χ3v) is 7.57. The van der Waals surface area contributed by atoms with Gasteiger partial charge in [-0.2, -0.15) is 18.3 Å². The molecular formula is C24H21BrClF5N6O4. The lowest BCUT2D eigenvalue weighted by atomic mass is 9.91. The molecule has 41 heavy (non-hydrogen) atoms. The first kappa shape index (κ1) is 29.6. The van der Waals surface area contributed by atoms with Crippen LogP contribution in [0.5, 0.6) is 0 Å². The summed E-state index contributed by atoms with van der Waals surface area (Å²) in [6, 6.07) is 4.11. The molecule has 3 N–H and O–H groups in total. The molecule has 0 aliphatic carbocycles. The molecule has 5 rings (SSSR count). The van der Waals surface area contributed by atoms with Gasteiger partial charge in [0, 0.05) is 17.6 Å². The van der Waals surface area contributed by atoms with Crippen LogP contribution in [0, 0.1) is 11.6 Å². The first-order valence-corrected chi connectivity index (χ1v) is 13.1. The zero-order chi connectivity index (χ0) is 29.8. The SMILES string of the molecule is CN1CN(c2cc(Cl)ccc2C(F)(F)F)C([C@@H]2O[C@H](CO)[C@H](O)[C@H](n3cc(-c4ccc(Br)c(F)c4F)nn3)[C@H]2O)=N1. The van der Waals surface area contributed by atoms with Crippen molar-refractivity contribution in [2.45, 2.75) is 36.6 Å². The summed E-state index contributed by atoms with van der Waals surface area (Å²) in [4.78, 5) is 1.15. The summed E-state index contributed by atoms with van der Waals surface area (Å²) in [5, 5.41) is 45.6. The zero-order valence-corrected chi connectivity index (χ0v) is 23.2. The standard InChI is InChI=1S/C24H21BrClF5N6O4/c1-35-9-36(15-6-10(26)2-4-12(15)24(29,30)31)23(33-35)22-21(40)19(20(39)16(8-38)41-22)37-7-14(32-34-37)11-3-5-13(25)18(28)17(11)27/h2-7,16,19-22,38-40H,8-9H2,1H3/t16-,19+,20+,21-,22-/m1/s1.